The van der Waals surface area contributed by atoms with Crippen LogP contribution < -0.4 is 11.1 Å². The van der Waals surface area contributed by atoms with E-state index in [9.17, 15) is 10.1 Å². The van der Waals surface area contributed by atoms with E-state index in [2.05, 4.69) is 25.4 Å². The van der Waals surface area contributed by atoms with Crippen molar-refractivity contribution >= 4 is 17.5 Å². The van der Waals surface area contributed by atoms with E-state index < -0.39 is 11.0 Å². The molecule has 3 rings (SSSR count). The summed E-state index contributed by atoms with van der Waals surface area (Å²) in [6.45, 7) is 1.78. The molecule has 0 radical (unpaired) electrons. The van der Waals surface area contributed by atoms with Crippen LogP contribution >= 0.6 is 0 Å². The molecule has 0 saturated heterocycles. The predicted octanol–water partition coefficient (Wildman–Crippen LogP) is 2.11. The van der Waals surface area contributed by atoms with E-state index in [1.165, 1.54) is 0 Å². The number of rotatable bonds is 6. The molecule has 128 valence electrons. The first kappa shape index (κ1) is 16.3. The number of anilines is 2. The van der Waals surface area contributed by atoms with Crippen LogP contribution in [0.4, 0.5) is 17.5 Å². The van der Waals surface area contributed by atoms with Gasteiger partial charge in [-0.25, -0.2) is 4.98 Å². The first-order valence-corrected chi connectivity index (χ1v) is 7.43. The molecule has 2 aromatic heterocycles. The third-order valence-electron chi connectivity index (χ3n) is 3.40. The lowest BCUT2D eigenvalue weighted by Crippen LogP contribution is -2.11. The second-order valence-corrected chi connectivity index (χ2v) is 5.30. The van der Waals surface area contributed by atoms with Crippen molar-refractivity contribution in [1.29, 1.82) is 0 Å². The van der Waals surface area contributed by atoms with Crippen molar-refractivity contribution in [2.45, 2.75) is 19.4 Å². The maximum absolute atomic E-state index is 10.7. The summed E-state index contributed by atoms with van der Waals surface area (Å²) >= 11 is 0. The molecule has 10 heteroatoms. The highest BCUT2D eigenvalue weighted by Crippen LogP contribution is 2.21. The third kappa shape index (κ3) is 3.86. The average Bonchev–Trinajstić information content (AvgIpc) is 3.04. The molecule has 3 aromatic rings. The predicted molar refractivity (Wildman–Crippen MR) is 88.7 cm³/mol. The fourth-order valence-corrected chi connectivity index (χ4v) is 2.15. The molecule has 0 aliphatic rings. The Morgan fingerprint density at radius 3 is 2.76 bits per heavy atom. The number of aromatic nitrogens is 4. The Kier molecular flexibility index (Phi) is 4.50. The molecule has 0 fully saturated rings. The number of hydrogen-bond acceptors (Lipinski definition) is 9. The lowest BCUT2D eigenvalue weighted by atomic mass is 10.1. The summed E-state index contributed by atoms with van der Waals surface area (Å²) in [5.74, 6) is 0.828. The van der Waals surface area contributed by atoms with Crippen LogP contribution in [0.25, 0.3) is 0 Å². The van der Waals surface area contributed by atoms with E-state index in [1.807, 2.05) is 30.3 Å². The highest BCUT2D eigenvalue weighted by Gasteiger charge is 2.18. The standard InChI is InChI=1S/C15H15N7O3/c1-9(18-15-17-8-11(22(23)24)13(16)20-15)14-19-12(21-25-14)7-10-5-3-2-4-6-10/h2-6,8-9H,7H2,1H3,(H3,16,17,18,20). The van der Waals surface area contributed by atoms with Crippen molar-refractivity contribution in [3.05, 3.63) is 63.9 Å². The molecule has 3 N–H and O–H groups in total. The van der Waals surface area contributed by atoms with Gasteiger partial charge in [0.25, 0.3) is 0 Å². The maximum atomic E-state index is 10.7. The Hall–Kier alpha value is -3.56. The minimum Gasteiger partial charge on any atom is -0.378 e. The van der Waals surface area contributed by atoms with Crippen LogP contribution in [0, 0.1) is 10.1 Å². The first-order valence-electron chi connectivity index (χ1n) is 7.43. The topological polar surface area (TPSA) is 146 Å². The number of hydrogen-bond donors (Lipinski definition) is 2. The van der Waals surface area contributed by atoms with Gasteiger partial charge in [-0.15, -0.1) is 0 Å². The second-order valence-electron chi connectivity index (χ2n) is 5.30. The van der Waals surface area contributed by atoms with Gasteiger partial charge in [0, 0.05) is 6.42 Å². The molecule has 0 aliphatic carbocycles. The summed E-state index contributed by atoms with van der Waals surface area (Å²) in [6, 6.07) is 9.38. The zero-order valence-electron chi connectivity index (χ0n) is 13.3. The lowest BCUT2D eigenvalue weighted by molar-refractivity contribution is -0.384. The number of nitrogen functional groups attached to an aromatic ring is 1. The Morgan fingerprint density at radius 2 is 2.08 bits per heavy atom. The van der Waals surface area contributed by atoms with E-state index in [-0.39, 0.29) is 17.5 Å². The van der Waals surface area contributed by atoms with Crippen LogP contribution in [0.3, 0.4) is 0 Å². The molecule has 0 amide bonds. The number of benzene rings is 1. The van der Waals surface area contributed by atoms with Crippen LogP contribution in [-0.2, 0) is 6.42 Å². The third-order valence-corrected chi connectivity index (χ3v) is 3.40. The van der Waals surface area contributed by atoms with E-state index in [1.54, 1.807) is 6.92 Å². The van der Waals surface area contributed by atoms with E-state index in [4.69, 9.17) is 10.3 Å². The monoisotopic (exact) mass is 341 g/mol. The van der Waals surface area contributed by atoms with Gasteiger partial charge in [0.2, 0.25) is 17.7 Å². The Bertz CT molecular complexity index is 882. The average molecular weight is 341 g/mol. The fraction of sp³-hybridized carbons (Fsp3) is 0.200. The van der Waals surface area contributed by atoms with Gasteiger partial charge in [-0.05, 0) is 12.5 Å². The number of nitrogens with zero attached hydrogens (tertiary/aromatic N) is 5. The summed E-state index contributed by atoms with van der Waals surface area (Å²) in [5, 5.41) is 17.6. The van der Waals surface area contributed by atoms with Crippen molar-refractivity contribution in [2.24, 2.45) is 0 Å². The van der Waals surface area contributed by atoms with Crippen LogP contribution in [0.5, 0.6) is 0 Å². The summed E-state index contributed by atoms with van der Waals surface area (Å²) in [5.41, 5.74) is 6.27. The molecule has 0 bridgehead atoms. The highest BCUT2D eigenvalue weighted by molar-refractivity contribution is 5.53. The minimum absolute atomic E-state index is 0.137. The Balaban J connectivity index is 1.68. The Morgan fingerprint density at radius 1 is 1.32 bits per heavy atom. The van der Waals surface area contributed by atoms with Gasteiger partial charge in [0.05, 0.1) is 4.92 Å². The summed E-state index contributed by atoms with van der Waals surface area (Å²) in [6.07, 6.45) is 1.60. The number of nitrogens with one attached hydrogen (secondary N) is 1. The maximum Gasteiger partial charge on any atom is 0.329 e. The van der Waals surface area contributed by atoms with Crippen molar-refractivity contribution in [3.8, 4) is 0 Å². The largest absolute Gasteiger partial charge is 0.378 e. The van der Waals surface area contributed by atoms with Gasteiger partial charge in [0.15, 0.2) is 5.82 Å². The quantitative estimate of drug-likeness (QED) is 0.508. The molecule has 1 aromatic carbocycles. The molecule has 0 aliphatic heterocycles. The van der Waals surface area contributed by atoms with Gasteiger partial charge in [0.1, 0.15) is 12.2 Å². The molecule has 2 heterocycles. The van der Waals surface area contributed by atoms with Crippen LogP contribution in [-0.4, -0.2) is 25.0 Å². The molecule has 25 heavy (non-hydrogen) atoms. The van der Waals surface area contributed by atoms with Gasteiger partial charge < -0.3 is 15.6 Å². The molecular formula is C15H15N7O3. The van der Waals surface area contributed by atoms with E-state index >= 15 is 0 Å². The lowest BCUT2D eigenvalue weighted by Gasteiger charge is -2.09. The van der Waals surface area contributed by atoms with Gasteiger partial charge in [-0.2, -0.15) is 9.97 Å². The summed E-state index contributed by atoms with van der Waals surface area (Å²) < 4.78 is 5.24. The van der Waals surface area contributed by atoms with Crippen molar-refractivity contribution in [2.75, 3.05) is 11.1 Å². The normalized spacial score (nSPS) is 11.9. The van der Waals surface area contributed by atoms with Crippen LogP contribution in [0.2, 0.25) is 0 Å². The molecule has 1 atom stereocenters. The van der Waals surface area contributed by atoms with Gasteiger partial charge >= 0.3 is 5.69 Å². The van der Waals surface area contributed by atoms with Gasteiger partial charge in [-0.3, -0.25) is 10.1 Å². The SMILES string of the molecule is CC(Nc1ncc([N+](=O)[O-])c(N)n1)c1nc(Cc2ccccc2)no1. The molecular weight excluding hydrogens is 326 g/mol. The first-order chi connectivity index (χ1) is 12.0. The zero-order valence-corrected chi connectivity index (χ0v) is 13.3. The van der Waals surface area contributed by atoms with Crippen molar-refractivity contribution in [3.63, 3.8) is 0 Å². The van der Waals surface area contributed by atoms with Gasteiger partial charge in [-0.1, -0.05) is 35.5 Å². The summed E-state index contributed by atoms with van der Waals surface area (Å²) in [4.78, 5) is 22.1. The van der Waals surface area contributed by atoms with Crippen LogP contribution in [0.1, 0.15) is 30.2 Å². The minimum atomic E-state index is -0.642. The fourth-order valence-electron chi connectivity index (χ4n) is 2.15. The number of nitro groups is 1. The smallest absolute Gasteiger partial charge is 0.329 e. The van der Waals surface area contributed by atoms with Crippen LogP contribution in [0.15, 0.2) is 41.1 Å². The number of nitrogens with two attached hydrogens (primary N) is 1. The molecule has 10 nitrogen and oxygen atoms in total. The van der Waals surface area contributed by atoms with Crippen molar-refractivity contribution < 1.29 is 9.45 Å². The summed E-state index contributed by atoms with van der Waals surface area (Å²) in [7, 11) is 0. The van der Waals surface area contributed by atoms with E-state index in [0.717, 1.165) is 11.8 Å². The zero-order chi connectivity index (χ0) is 17.8. The highest BCUT2D eigenvalue weighted by atomic mass is 16.6. The van der Waals surface area contributed by atoms with E-state index in [0.29, 0.717) is 18.1 Å². The van der Waals surface area contributed by atoms with Crippen molar-refractivity contribution in [1.82, 2.24) is 20.1 Å². The molecule has 0 spiro atoms. The molecule has 0 saturated carbocycles. The Labute approximate surface area is 142 Å². The second kappa shape index (κ2) is 6.91. The molecule has 1 unspecified atom stereocenters.